The summed E-state index contributed by atoms with van der Waals surface area (Å²) in [6, 6.07) is 18.7. The first-order chi connectivity index (χ1) is 14.0. The second kappa shape index (κ2) is 9.15. The molecule has 2 aromatic carbocycles. The van der Waals surface area contributed by atoms with Crippen LogP contribution in [0.2, 0.25) is 18.1 Å². The van der Waals surface area contributed by atoms with Crippen LogP contribution < -0.4 is 9.74 Å². The molecule has 0 radical (unpaired) electrons. The Morgan fingerprint density at radius 3 is 2.37 bits per heavy atom. The second-order valence-corrected chi connectivity index (χ2v) is 15.9. The number of nitrogens with one attached hydrogen (secondary N) is 1. The molecule has 30 heavy (non-hydrogen) atoms. The van der Waals surface area contributed by atoms with E-state index in [1.165, 1.54) is 11.1 Å². The summed E-state index contributed by atoms with van der Waals surface area (Å²) in [6.07, 6.45) is 0. The van der Waals surface area contributed by atoms with Crippen LogP contribution in [0.15, 0.2) is 53.0 Å². The van der Waals surface area contributed by atoms with Crippen LogP contribution in [0.3, 0.4) is 0 Å². The normalized spacial score (nSPS) is 22.0. The molecule has 0 amide bonds. The fourth-order valence-electron chi connectivity index (χ4n) is 3.83. The molecule has 3 nitrogen and oxygen atoms in total. The van der Waals surface area contributed by atoms with Crippen LogP contribution in [-0.4, -0.2) is 38.4 Å². The van der Waals surface area contributed by atoms with Crippen LogP contribution in [0.4, 0.5) is 0 Å². The van der Waals surface area contributed by atoms with Gasteiger partial charge in [-0.15, -0.1) is 0 Å². The van der Waals surface area contributed by atoms with Gasteiger partial charge in [-0.3, -0.25) is 4.90 Å². The highest BCUT2D eigenvalue weighted by molar-refractivity contribution is 9.10. The lowest BCUT2D eigenvalue weighted by Gasteiger charge is -2.43. The summed E-state index contributed by atoms with van der Waals surface area (Å²) in [5.41, 5.74) is 2.62. The fourth-order valence-corrected chi connectivity index (χ4v) is 5.11. The Morgan fingerprint density at radius 2 is 1.73 bits per heavy atom. The van der Waals surface area contributed by atoms with E-state index in [4.69, 9.17) is 4.43 Å². The summed E-state index contributed by atoms with van der Waals surface area (Å²) in [4.78, 5) is 2.63. The van der Waals surface area contributed by atoms with E-state index in [-0.39, 0.29) is 11.1 Å². The first-order valence-electron chi connectivity index (χ1n) is 11.0. The van der Waals surface area contributed by atoms with Gasteiger partial charge in [0.15, 0.2) is 0 Å². The van der Waals surface area contributed by atoms with Crippen LogP contribution >= 0.6 is 15.9 Å². The Bertz CT molecular complexity index is 847. The minimum absolute atomic E-state index is 0.177. The van der Waals surface area contributed by atoms with E-state index >= 15 is 0 Å². The highest BCUT2D eigenvalue weighted by Gasteiger charge is 2.39. The summed E-state index contributed by atoms with van der Waals surface area (Å²) in [6.45, 7) is 18.1. The van der Waals surface area contributed by atoms with Gasteiger partial charge in [0.05, 0.1) is 6.04 Å². The number of halogens is 1. The summed E-state index contributed by atoms with van der Waals surface area (Å²) < 4.78 is 7.76. The molecule has 0 bridgehead atoms. The SMILES string of the molecule is C[C@@H]1CN[C@@H](C)CN1[C@H](c1ccc(Br)cc1)c1cccc(O[Si](C)(C)C(C)(C)C)c1. The Kier molecular flexibility index (Phi) is 7.17. The van der Waals surface area contributed by atoms with Crippen molar-refractivity contribution in [2.24, 2.45) is 0 Å². The van der Waals surface area contributed by atoms with Gasteiger partial charge in [0.1, 0.15) is 5.75 Å². The molecule has 1 aliphatic rings. The van der Waals surface area contributed by atoms with Crippen molar-refractivity contribution < 1.29 is 4.43 Å². The predicted molar refractivity (Wildman–Crippen MR) is 134 cm³/mol. The predicted octanol–water partition coefficient (Wildman–Crippen LogP) is 6.60. The second-order valence-electron chi connectivity index (χ2n) is 10.2. The molecule has 0 saturated carbocycles. The lowest BCUT2D eigenvalue weighted by Crippen LogP contribution is -2.55. The minimum atomic E-state index is -1.88. The summed E-state index contributed by atoms with van der Waals surface area (Å²) in [5, 5.41) is 3.80. The van der Waals surface area contributed by atoms with Crippen molar-refractivity contribution in [2.45, 2.75) is 70.9 Å². The molecule has 0 unspecified atom stereocenters. The minimum Gasteiger partial charge on any atom is -0.543 e. The van der Waals surface area contributed by atoms with Gasteiger partial charge in [-0.2, -0.15) is 0 Å². The van der Waals surface area contributed by atoms with Crippen LogP contribution in [0.5, 0.6) is 5.75 Å². The molecule has 5 heteroatoms. The van der Waals surface area contributed by atoms with Crippen molar-refractivity contribution >= 4 is 24.2 Å². The average molecular weight is 490 g/mol. The van der Waals surface area contributed by atoms with Crippen molar-refractivity contribution in [3.8, 4) is 5.75 Å². The molecule has 1 saturated heterocycles. The van der Waals surface area contributed by atoms with Crippen molar-refractivity contribution in [3.63, 3.8) is 0 Å². The van der Waals surface area contributed by atoms with E-state index < -0.39 is 8.32 Å². The molecule has 0 aliphatic carbocycles. The zero-order chi connectivity index (χ0) is 22.1. The molecule has 0 spiro atoms. The molecular weight excluding hydrogens is 452 g/mol. The van der Waals surface area contributed by atoms with Crippen molar-refractivity contribution in [2.75, 3.05) is 13.1 Å². The van der Waals surface area contributed by atoms with E-state index in [2.05, 4.69) is 122 Å². The first kappa shape index (κ1) is 23.5. The number of nitrogens with zero attached hydrogens (tertiary/aromatic N) is 1. The fraction of sp³-hybridized carbons (Fsp3) is 0.520. The zero-order valence-electron chi connectivity index (χ0n) is 19.5. The maximum atomic E-state index is 6.65. The highest BCUT2D eigenvalue weighted by Crippen LogP contribution is 2.39. The van der Waals surface area contributed by atoms with Gasteiger partial charge >= 0.3 is 0 Å². The molecule has 3 rings (SSSR count). The van der Waals surface area contributed by atoms with Gasteiger partial charge in [0.25, 0.3) is 0 Å². The summed E-state index contributed by atoms with van der Waals surface area (Å²) in [7, 11) is -1.88. The van der Waals surface area contributed by atoms with E-state index in [1.807, 2.05) is 0 Å². The lowest BCUT2D eigenvalue weighted by molar-refractivity contribution is 0.113. The molecule has 1 aliphatic heterocycles. The molecule has 164 valence electrons. The van der Waals surface area contributed by atoms with Gasteiger partial charge in [-0.05, 0) is 67.4 Å². The third-order valence-corrected chi connectivity index (χ3v) is 11.6. The van der Waals surface area contributed by atoms with Crippen molar-refractivity contribution in [3.05, 3.63) is 64.1 Å². The van der Waals surface area contributed by atoms with Gasteiger partial charge in [0.2, 0.25) is 8.32 Å². The third-order valence-electron chi connectivity index (χ3n) is 6.68. The molecule has 2 aromatic rings. The summed E-state index contributed by atoms with van der Waals surface area (Å²) in [5.74, 6) is 0.997. The maximum absolute atomic E-state index is 6.65. The Labute approximate surface area is 192 Å². The van der Waals surface area contributed by atoms with Crippen molar-refractivity contribution in [1.82, 2.24) is 10.2 Å². The first-order valence-corrected chi connectivity index (χ1v) is 14.7. The monoisotopic (exact) mass is 488 g/mol. The van der Waals surface area contributed by atoms with Crippen molar-refractivity contribution in [1.29, 1.82) is 0 Å². The smallest absolute Gasteiger partial charge is 0.250 e. The Morgan fingerprint density at radius 1 is 1.07 bits per heavy atom. The zero-order valence-corrected chi connectivity index (χ0v) is 22.1. The number of rotatable bonds is 5. The largest absolute Gasteiger partial charge is 0.543 e. The van der Waals surface area contributed by atoms with Gasteiger partial charge < -0.3 is 9.74 Å². The van der Waals surface area contributed by atoms with E-state index in [0.29, 0.717) is 12.1 Å². The molecule has 1 heterocycles. The lowest BCUT2D eigenvalue weighted by atomic mass is 9.94. The number of piperazine rings is 1. The third kappa shape index (κ3) is 5.36. The van der Waals surface area contributed by atoms with Gasteiger partial charge in [-0.25, -0.2) is 0 Å². The molecule has 1 N–H and O–H groups in total. The number of hydrogen-bond acceptors (Lipinski definition) is 3. The van der Waals surface area contributed by atoms with E-state index in [0.717, 1.165) is 23.3 Å². The topological polar surface area (TPSA) is 24.5 Å². The Balaban J connectivity index is 2.01. The number of hydrogen-bond donors (Lipinski definition) is 1. The number of benzene rings is 2. The van der Waals surface area contributed by atoms with E-state index in [1.54, 1.807) is 0 Å². The molecule has 1 fully saturated rings. The maximum Gasteiger partial charge on any atom is 0.250 e. The highest BCUT2D eigenvalue weighted by atomic mass is 79.9. The van der Waals surface area contributed by atoms with Gasteiger partial charge in [-0.1, -0.05) is 61.0 Å². The van der Waals surface area contributed by atoms with Crippen LogP contribution in [-0.2, 0) is 0 Å². The molecule has 3 atom stereocenters. The molecule has 0 aromatic heterocycles. The standard InChI is InChI=1S/C25H37BrN2OSi/c1-18-17-28(19(2)16-27-18)24(20-11-13-22(26)14-12-20)21-9-8-10-23(15-21)29-30(6,7)25(3,4)5/h8-15,18-19,24,27H,16-17H2,1-7H3/t18-,19+,24+/m0/s1. The average Bonchev–Trinajstić information content (AvgIpc) is 2.65. The van der Waals surface area contributed by atoms with Crippen LogP contribution in [0.25, 0.3) is 0 Å². The Hall–Kier alpha value is -1.14. The van der Waals surface area contributed by atoms with Crippen LogP contribution in [0.1, 0.15) is 51.8 Å². The van der Waals surface area contributed by atoms with Crippen LogP contribution in [0, 0.1) is 0 Å². The van der Waals surface area contributed by atoms with Gasteiger partial charge in [0, 0.05) is 29.6 Å². The summed E-state index contributed by atoms with van der Waals surface area (Å²) >= 11 is 3.59. The quantitative estimate of drug-likeness (QED) is 0.479. The molecular formula is C25H37BrN2OSi. The van der Waals surface area contributed by atoms with E-state index in [9.17, 15) is 0 Å².